The van der Waals surface area contributed by atoms with Gasteiger partial charge in [-0.1, -0.05) is 24.3 Å². The molecule has 1 N–H and O–H groups in total. The van der Waals surface area contributed by atoms with E-state index in [1.165, 1.54) is 0 Å². The highest BCUT2D eigenvalue weighted by Crippen LogP contribution is 2.34. The molecule has 1 amide bonds. The van der Waals surface area contributed by atoms with Gasteiger partial charge >= 0.3 is 0 Å². The molecule has 1 aliphatic heterocycles. The summed E-state index contributed by atoms with van der Waals surface area (Å²) in [5, 5.41) is 3.20. The monoisotopic (exact) mass is 446 g/mol. The lowest BCUT2D eigenvalue weighted by Gasteiger charge is -2.36. The molecule has 0 spiro atoms. The minimum Gasteiger partial charge on any atom is -0.493 e. The number of nitrogens with one attached hydrogen (secondary N) is 1. The maximum Gasteiger partial charge on any atom is 0.270 e. The van der Waals surface area contributed by atoms with Crippen molar-refractivity contribution >= 4 is 5.91 Å². The lowest BCUT2D eigenvalue weighted by atomic mass is 9.87. The van der Waals surface area contributed by atoms with Crippen molar-refractivity contribution in [2.75, 3.05) is 27.3 Å². The Hall–Kier alpha value is -3.45. The smallest absolute Gasteiger partial charge is 0.270 e. The fourth-order valence-corrected chi connectivity index (χ4v) is 4.47. The summed E-state index contributed by atoms with van der Waals surface area (Å²) in [5.41, 5.74) is 2.41. The number of hydrogen-bond donors (Lipinski definition) is 1. The molecule has 7 nitrogen and oxygen atoms in total. The van der Waals surface area contributed by atoms with Gasteiger partial charge in [-0.15, -0.1) is 0 Å². The number of amides is 1. The number of para-hydroxylation sites is 1. The van der Waals surface area contributed by atoms with Crippen LogP contribution in [0.25, 0.3) is 0 Å². The van der Waals surface area contributed by atoms with E-state index in [-0.39, 0.29) is 17.9 Å². The average molecular weight is 447 g/mol. The zero-order valence-corrected chi connectivity index (χ0v) is 19.1. The Labute approximate surface area is 194 Å². The normalized spacial score (nSPS) is 15.6. The third-order valence-electron chi connectivity index (χ3n) is 6.17. The van der Waals surface area contributed by atoms with E-state index < -0.39 is 0 Å². The molecular weight excluding hydrogens is 416 g/mol. The molecule has 33 heavy (non-hydrogen) atoms. The number of pyridine rings is 2. The summed E-state index contributed by atoms with van der Waals surface area (Å²) in [6.07, 6.45) is 5.32. The number of rotatable bonds is 8. The van der Waals surface area contributed by atoms with Crippen molar-refractivity contribution < 1.29 is 14.3 Å². The van der Waals surface area contributed by atoms with E-state index >= 15 is 0 Å². The van der Waals surface area contributed by atoms with Crippen molar-refractivity contribution in [1.82, 2.24) is 20.2 Å². The van der Waals surface area contributed by atoms with E-state index in [1.54, 1.807) is 38.7 Å². The van der Waals surface area contributed by atoms with Crippen LogP contribution in [0.15, 0.2) is 67.0 Å². The van der Waals surface area contributed by atoms with E-state index in [2.05, 4.69) is 26.3 Å². The molecule has 1 aromatic carbocycles. The summed E-state index contributed by atoms with van der Waals surface area (Å²) in [6, 6.07) is 17.0. The molecular formula is C26H30N4O3. The highest BCUT2D eigenvalue weighted by atomic mass is 16.5. The van der Waals surface area contributed by atoms with Crippen LogP contribution >= 0.6 is 0 Å². The topological polar surface area (TPSA) is 76.6 Å². The third kappa shape index (κ3) is 5.49. The summed E-state index contributed by atoms with van der Waals surface area (Å²) in [4.78, 5) is 24.0. The van der Waals surface area contributed by atoms with E-state index in [1.807, 2.05) is 36.4 Å². The van der Waals surface area contributed by atoms with Crippen LogP contribution < -0.4 is 14.8 Å². The third-order valence-corrected chi connectivity index (χ3v) is 6.17. The average Bonchev–Trinajstić information content (AvgIpc) is 2.88. The molecule has 1 atom stereocenters. The standard InChI is InChI=1S/C26H30N4O3/c1-32-23-11-7-8-20(25(23)33-2)18-30-16-12-19(13-17-30)24(21-9-3-5-14-27-21)29-26(31)22-10-4-6-15-28-22/h3-11,14-15,19,24H,12-13,16-18H2,1-2H3,(H,29,31). The van der Waals surface area contributed by atoms with E-state index in [0.717, 1.165) is 55.2 Å². The van der Waals surface area contributed by atoms with Gasteiger partial charge in [-0.25, -0.2) is 0 Å². The summed E-state index contributed by atoms with van der Waals surface area (Å²) in [6.45, 7) is 2.64. The van der Waals surface area contributed by atoms with Gasteiger partial charge in [0.05, 0.1) is 26.0 Å². The van der Waals surface area contributed by atoms with Crippen LogP contribution in [0.1, 0.15) is 40.6 Å². The van der Waals surface area contributed by atoms with Crippen LogP contribution in [0.5, 0.6) is 11.5 Å². The first-order valence-electron chi connectivity index (χ1n) is 11.2. The fourth-order valence-electron chi connectivity index (χ4n) is 4.47. The Morgan fingerprint density at radius 1 is 1.00 bits per heavy atom. The van der Waals surface area contributed by atoms with Crippen molar-refractivity contribution in [1.29, 1.82) is 0 Å². The number of likely N-dealkylation sites (tertiary alicyclic amines) is 1. The molecule has 7 heteroatoms. The molecule has 1 fully saturated rings. The maximum absolute atomic E-state index is 12.9. The first-order valence-corrected chi connectivity index (χ1v) is 11.2. The molecule has 0 saturated carbocycles. The molecule has 0 aliphatic carbocycles. The number of piperidine rings is 1. The number of hydrogen-bond acceptors (Lipinski definition) is 6. The predicted molar refractivity (Wildman–Crippen MR) is 126 cm³/mol. The molecule has 2 aromatic heterocycles. The largest absolute Gasteiger partial charge is 0.493 e. The van der Waals surface area contributed by atoms with E-state index in [9.17, 15) is 4.79 Å². The van der Waals surface area contributed by atoms with Crippen molar-refractivity contribution in [3.63, 3.8) is 0 Å². The molecule has 4 rings (SSSR count). The second-order valence-electron chi connectivity index (χ2n) is 8.19. The molecule has 1 saturated heterocycles. The second kappa shape index (κ2) is 10.9. The van der Waals surface area contributed by atoms with Gasteiger partial charge in [-0.2, -0.15) is 0 Å². The number of carbonyl (C=O) groups is 1. The van der Waals surface area contributed by atoms with Gasteiger partial charge < -0.3 is 14.8 Å². The Morgan fingerprint density at radius 2 is 1.76 bits per heavy atom. The quantitative estimate of drug-likeness (QED) is 0.566. The Morgan fingerprint density at radius 3 is 2.39 bits per heavy atom. The Kier molecular flexibility index (Phi) is 7.52. The van der Waals surface area contributed by atoms with Gasteiger partial charge in [0.15, 0.2) is 11.5 Å². The van der Waals surface area contributed by atoms with Crippen LogP contribution in [-0.2, 0) is 6.54 Å². The van der Waals surface area contributed by atoms with Gasteiger partial charge in [-0.05, 0) is 62.2 Å². The van der Waals surface area contributed by atoms with Crippen molar-refractivity contribution in [2.45, 2.75) is 25.4 Å². The molecule has 0 radical (unpaired) electrons. The lowest BCUT2D eigenvalue weighted by Crippen LogP contribution is -2.41. The van der Waals surface area contributed by atoms with Crippen LogP contribution in [-0.4, -0.2) is 48.1 Å². The number of nitrogens with zero attached hydrogens (tertiary/aromatic N) is 3. The Bertz CT molecular complexity index is 1040. The molecule has 1 unspecified atom stereocenters. The number of methoxy groups -OCH3 is 2. The van der Waals surface area contributed by atoms with Gasteiger partial charge in [0.25, 0.3) is 5.91 Å². The first-order chi connectivity index (χ1) is 16.2. The number of aromatic nitrogens is 2. The number of benzene rings is 1. The highest BCUT2D eigenvalue weighted by molar-refractivity contribution is 5.92. The van der Waals surface area contributed by atoms with E-state index in [0.29, 0.717) is 5.69 Å². The number of carbonyl (C=O) groups excluding carboxylic acids is 1. The van der Waals surface area contributed by atoms with Crippen LogP contribution in [0, 0.1) is 5.92 Å². The fraction of sp³-hybridized carbons (Fsp3) is 0.346. The van der Waals surface area contributed by atoms with Gasteiger partial charge in [0, 0.05) is 24.5 Å². The summed E-state index contributed by atoms with van der Waals surface area (Å²) < 4.78 is 11.0. The second-order valence-corrected chi connectivity index (χ2v) is 8.19. The van der Waals surface area contributed by atoms with Gasteiger partial charge in [0.2, 0.25) is 0 Å². The van der Waals surface area contributed by atoms with Crippen molar-refractivity contribution in [3.8, 4) is 11.5 Å². The zero-order chi connectivity index (χ0) is 23.0. The molecule has 3 aromatic rings. The number of ether oxygens (including phenoxy) is 2. The lowest BCUT2D eigenvalue weighted by molar-refractivity contribution is 0.0883. The molecule has 172 valence electrons. The summed E-state index contributed by atoms with van der Waals surface area (Å²) in [7, 11) is 3.33. The Balaban J connectivity index is 1.45. The first kappa shape index (κ1) is 22.7. The van der Waals surface area contributed by atoms with Gasteiger partial charge in [0.1, 0.15) is 5.69 Å². The minimum absolute atomic E-state index is 0.158. The van der Waals surface area contributed by atoms with Gasteiger partial charge in [-0.3, -0.25) is 19.7 Å². The summed E-state index contributed by atoms with van der Waals surface area (Å²) in [5.74, 6) is 1.65. The van der Waals surface area contributed by atoms with Crippen molar-refractivity contribution in [2.24, 2.45) is 5.92 Å². The van der Waals surface area contributed by atoms with Crippen LogP contribution in [0.3, 0.4) is 0 Å². The van der Waals surface area contributed by atoms with Crippen molar-refractivity contribution in [3.05, 3.63) is 83.9 Å². The summed E-state index contributed by atoms with van der Waals surface area (Å²) >= 11 is 0. The van der Waals surface area contributed by atoms with Crippen LogP contribution in [0.2, 0.25) is 0 Å². The highest BCUT2D eigenvalue weighted by Gasteiger charge is 2.30. The van der Waals surface area contributed by atoms with E-state index in [4.69, 9.17) is 9.47 Å². The molecule has 0 bridgehead atoms. The molecule has 3 heterocycles. The minimum atomic E-state index is -0.171. The zero-order valence-electron chi connectivity index (χ0n) is 19.1. The maximum atomic E-state index is 12.9. The SMILES string of the molecule is COc1cccc(CN2CCC(C(NC(=O)c3ccccn3)c3ccccn3)CC2)c1OC. The van der Waals surface area contributed by atoms with Crippen LogP contribution in [0.4, 0.5) is 0 Å². The predicted octanol–water partition coefficient (Wildman–Crippen LogP) is 3.88. The molecule has 1 aliphatic rings.